The molecule has 0 radical (unpaired) electrons. The van der Waals surface area contributed by atoms with Gasteiger partial charge in [-0.3, -0.25) is 20.4 Å². The first kappa shape index (κ1) is 11.7. The molecular formula is C8H10BrN3O3. The smallest absolute Gasteiger partial charge is 0.286 e. The molecule has 2 amide bonds. The van der Waals surface area contributed by atoms with E-state index < -0.39 is 11.8 Å². The van der Waals surface area contributed by atoms with E-state index in [1.807, 2.05) is 0 Å². The summed E-state index contributed by atoms with van der Waals surface area (Å²) in [5.74, 6) is -0.846. The zero-order valence-electron chi connectivity index (χ0n) is 7.96. The van der Waals surface area contributed by atoms with E-state index in [0.717, 1.165) is 4.47 Å². The summed E-state index contributed by atoms with van der Waals surface area (Å²) in [5.41, 5.74) is 4.77. The molecule has 82 valence electrons. The number of hydrogen-bond acceptors (Lipinski definition) is 3. The van der Waals surface area contributed by atoms with Crippen LogP contribution in [-0.4, -0.2) is 30.5 Å². The van der Waals surface area contributed by atoms with Crippen LogP contribution >= 0.6 is 15.9 Å². The molecule has 0 aromatic carbocycles. The van der Waals surface area contributed by atoms with E-state index in [4.69, 9.17) is 0 Å². The molecule has 0 saturated heterocycles. The average Bonchev–Trinajstić information content (AvgIpc) is 2.62. The first-order chi connectivity index (χ1) is 7.13. The van der Waals surface area contributed by atoms with Gasteiger partial charge in [-0.25, -0.2) is 0 Å². The maximum absolute atomic E-state index is 11.3. The molecule has 0 unspecified atom stereocenters. The molecule has 0 atom stereocenters. The second-order valence-electron chi connectivity index (χ2n) is 2.67. The van der Waals surface area contributed by atoms with Gasteiger partial charge < -0.3 is 9.72 Å². The number of rotatable bonds is 3. The molecule has 3 N–H and O–H groups in total. The van der Waals surface area contributed by atoms with Crippen molar-refractivity contribution in [3.05, 3.63) is 22.4 Å². The number of aromatic amines is 1. The summed E-state index contributed by atoms with van der Waals surface area (Å²) < 4.78 is 5.33. The summed E-state index contributed by atoms with van der Waals surface area (Å²) in [4.78, 5) is 25.0. The minimum absolute atomic E-state index is 0.102. The van der Waals surface area contributed by atoms with Crippen LogP contribution in [0, 0.1) is 0 Å². The Labute approximate surface area is 94.5 Å². The van der Waals surface area contributed by atoms with Gasteiger partial charge in [-0.15, -0.1) is 0 Å². The number of methoxy groups -OCH3 is 1. The van der Waals surface area contributed by atoms with Crippen molar-refractivity contribution in [2.45, 2.75) is 0 Å². The van der Waals surface area contributed by atoms with Gasteiger partial charge in [0.1, 0.15) is 12.3 Å². The molecule has 0 aliphatic heterocycles. The largest absolute Gasteiger partial charge is 0.375 e. The highest BCUT2D eigenvalue weighted by molar-refractivity contribution is 9.10. The van der Waals surface area contributed by atoms with Crippen molar-refractivity contribution in [1.29, 1.82) is 0 Å². The van der Waals surface area contributed by atoms with Crippen LogP contribution in [0.3, 0.4) is 0 Å². The highest BCUT2D eigenvalue weighted by Crippen LogP contribution is 2.09. The van der Waals surface area contributed by atoms with Gasteiger partial charge in [0.2, 0.25) is 0 Å². The van der Waals surface area contributed by atoms with Crippen LogP contribution in [0.15, 0.2) is 16.7 Å². The van der Waals surface area contributed by atoms with Crippen molar-refractivity contribution in [3.63, 3.8) is 0 Å². The molecule has 6 nitrogen and oxygen atoms in total. The number of H-pyrrole nitrogens is 1. The Bertz CT molecular complexity index is 364. The van der Waals surface area contributed by atoms with Crippen molar-refractivity contribution in [1.82, 2.24) is 15.8 Å². The SMILES string of the molecule is COCC(=O)NNC(=O)c1cc(Br)c[nH]1. The lowest BCUT2D eigenvalue weighted by Gasteiger charge is -2.04. The van der Waals surface area contributed by atoms with E-state index in [9.17, 15) is 9.59 Å². The molecular weight excluding hydrogens is 266 g/mol. The summed E-state index contributed by atoms with van der Waals surface area (Å²) in [6.45, 7) is -0.102. The molecule has 0 spiro atoms. The van der Waals surface area contributed by atoms with Crippen LogP contribution in [0.5, 0.6) is 0 Å². The number of ether oxygens (including phenoxy) is 1. The van der Waals surface area contributed by atoms with Crippen molar-refractivity contribution in [2.24, 2.45) is 0 Å². The Morgan fingerprint density at radius 1 is 1.53 bits per heavy atom. The number of amides is 2. The molecule has 0 saturated carbocycles. The van der Waals surface area contributed by atoms with E-state index in [-0.39, 0.29) is 6.61 Å². The summed E-state index contributed by atoms with van der Waals surface area (Å²) >= 11 is 3.19. The zero-order valence-corrected chi connectivity index (χ0v) is 9.55. The molecule has 7 heteroatoms. The monoisotopic (exact) mass is 275 g/mol. The lowest BCUT2D eigenvalue weighted by molar-refractivity contribution is -0.125. The highest BCUT2D eigenvalue weighted by atomic mass is 79.9. The maximum Gasteiger partial charge on any atom is 0.286 e. The van der Waals surface area contributed by atoms with Gasteiger partial charge in [0.15, 0.2) is 0 Å². The topological polar surface area (TPSA) is 83.2 Å². The predicted molar refractivity (Wildman–Crippen MR) is 56.0 cm³/mol. The second-order valence-corrected chi connectivity index (χ2v) is 3.58. The van der Waals surface area contributed by atoms with Crippen molar-refractivity contribution in [2.75, 3.05) is 13.7 Å². The average molecular weight is 276 g/mol. The fourth-order valence-corrected chi connectivity index (χ4v) is 1.20. The van der Waals surface area contributed by atoms with Gasteiger partial charge in [0.05, 0.1) is 0 Å². The number of aromatic nitrogens is 1. The van der Waals surface area contributed by atoms with Crippen LogP contribution in [0.2, 0.25) is 0 Å². The third-order valence-corrected chi connectivity index (χ3v) is 1.94. The zero-order chi connectivity index (χ0) is 11.3. The van der Waals surface area contributed by atoms with Crippen LogP contribution in [0.25, 0.3) is 0 Å². The minimum Gasteiger partial charge on any atom is -0.375 e. The molecule has 0 aliphatic rings. The molecule has 1 heterocycles. The van der Waals surface area contributed by atoms with E-state index in [0.29, 0.717) is 5.69 Å². The number of halogens is 1. The summed E-state index contributed by atoms with van der Waals surface area (Å²) in [5, 5.41) is 0. The van der Waals surface area contributed by atoms with E-state index >= 15 is 0 Å². The van der Waals surface area contributed by atoms with Crippen molar-refractivity contribution in [3.8, 4) is 0 Å². The number of hydrazine groups is 1. The van der Waals surface area contributed by atoms with Crippen molar-refractivity contribution >= 4 is 27.7 Å². The molecule has 0 aliphatic carbocycles. The first-order valence-electron chi connectivity index (χ1n) is 4.05. The van der Waals surface area contributed by atoms with Crippen molar-refractivity contribution < 1.29 is 14.3 Å². The third-order valence-electron chi connectivity index (χ3n) is 1.48. The first-order valence-corrected chi connectivity index (χ1v) is 4.85. The van der Waals surface area contributed by atoms with Gasteiger partial charge in [-0.1, -0.05) is 0 Å². The summed E-state index contributed by atoms with van der Waals surface area (Å²) in [6, 6.07) is 1.60. The third kappa shape index (κ3) is 3.72. The van der Waals surface area contributed by atoms with Crippen LogP contribution < -0.4 is 10.9 Å². The Morgan fingerprint density at radius 2 is 2.27 bits per heavy atom. The molecule has 0 fully saturated rings. The quantitative estimate of drug-likeness (QED) is 0.689. The molecule has 1 rings (SSSR count). The molecule has 15 heavy (non-hydrogen) atoms. The van der Waals surface area contributed by atoms with E-state index in [2.05, 4.69) is 36.5 Å². The standard InChI is InChI=1S/C8H10BrN3O3/c1-15-4-7(13)11-12-8(14)6-2-5(9)3-10-6/h2-3,10H,4H2,1H3,(H,11,13)(H,12,14). The van der Waals surface area contributed by atoms with Gasteiger partial charge >= 0.3 is 0 Å². The van der Waals surface area contributed by atoms with Gasteiger partial charge in [0, 0.05) is 17.8 Å². The molecule has 0 bridgehead atoms. The fraction of sp³-hybridized carbons (Fsp3) is 0.250. The Hall–Kier alpha value is -1.34. The predicted octanol–water partition coefficient (Wildman–Crippen LogP) is 0.185. The van der Waals surface area contributed by atoms with Crippen LogP contribution in [0.4, 0.5) is 0 Å². The number of carbonyl (C=O) groups excluding carboxylic acids is 2. The number of carbonyl (C=O) groups is 2. The fourth-order valence-electron chi connectivity index (χ4n) is 0.860. The molecule has 1 aromatic rings. The summed E-state index contributed by atoms with van der Waals surface area (Å²) in [7, 11) is 1.39. The van der Waals surface area contributed by atoms with Gasteiger partial charge in [-0.2, -0.15) is 0 Å². The Morgan fingerprint density at radius 3 is 2.80 bits per heavy atom. The van der Waals surface area contributed by atoms with Gasteiger partial charge in [0.25, 0.3) is 11.8 Å². The van der Waals surface area contributed by atoms with Crippen LogP contribution in [0.1, 0.15) is 10.5 Å². The van der Waals surface area contributed by atoms with E-state index in [1.165, 1.54) is 7.11 Å². The Kier molecular flexibility index (Phi) is 4.32. The minimum atomic E-state index is -0.426. The highest BCUT2D eigenvalue weighted by Gasteiger charge is 2.08. The Balaban J connectivity index is 2.40. The maximum atomic E-state index is 11.3. The number of hydrogen-bond donors (Lipinski definition) is 3. The van der Waals surface area contributed by atoms with Crippen LogP contribution in [-0.2, 0) is 9.53 Å². The van der Waals surface area contributed by atoms with E-state index in [1.54, 1.807) is 12.3 Å². The lowest BCUT2D eigenvalue weighted by Crippen LogP contribution is -2.43. The summed E-state index contributed by atoms with van der Waals surface area (Å²) in [6.07, 6.45) is 1.62. The second kappa shape index (κ2) is 5.52. The van der Waals surface area contributed by atoms with Gasteiger partial charge in [-0.05, 0) is 22.0 Å². The lowest BCUT2D eigenvalue weighted by atomic mass is 10.4. The normalized spacial score (nSPS) is 9.73. The number of nitrogens with one attached hydrogen (secondary N) is 3. The molecule has 1 aromatic heterocycles.